The zero-order chi connectivity index (χ0) is 12.0. The molecule has 1 saturated heterocycles. The molecule has 0 aromatic carbocycles. The Labute approximate surface area is 108 Å². The number of hydrogen-bond acceptors (Lipinski definition) is 1. The Balaban J connectivity index is 2.63. The number of carbonyl (C=O) groups is 1. The van der Waals surface area contributed by atoms with Crippen molar-refractivity contribution in [2.45, 2.75) is 52.4 Å². The van der Waals surface area contributed by atoms with Crippen molar-refractivity contribution < 1.29 is 4.79 Å². The molecule has 1 aliphatic heterocycles. The lowest BCUT2D eigenvalue weighted by atomic mass is 9.81. The highest BCUT2D eigenvalue weighted by molar-refractivity contribution is 9.09. The molecular formula is C13H24BrNO. The highest BCUT2D eigenvalue weighted by atomic mass is 79.9. The van der Waals surface area contributed by atoms with Gasteiger partial charge in [0.1, 0.15) is 0 Å². The number of amides is 1. The van der Waals surface area contributed by atoms with E-state index in [1.165, 1.54) is 25.7 Å². The van der Waals surface area contributed by atoms with Gasteiger partial charge in [-0.15, -0.1) is 0 Å². The highest BCUT2D eigenvalue weighted by Crippen LogP contribution is 2.34. The van der Waals surface area contributed by atoms with Crippen LogP contribution in [0.25, 0.3) is 0 Å². The van der Waals surface area contributed by atoms with Gasteiger partial charge in [-0.1, -0.05) is 42.6 Å². The van der Waals surface area contributed by atoms with E-state index in [1.54, 1.807) is 0 Å². The van der Waals surface area contributed by atoms with E-state index in [4.69, 9.17) is 0 Å². The van der Waals surface area contributed by atoms with Gasteiger partial charge >= 0.3 is 0 Å². The van der Waals surface area contributed by atoms with Gasteiger partial charge in [-0.05, 0) is 24.7 Å². The van der Waals surface area contributed by atoms with Crippen molar-refractivity contribution >= 4 is 21.8 Å². The summed E-state index contributed by atoms with van der Waals surface area (Å²) in [4.78, 5) is 13.8. The summed E-state index contributed by atoms with van der Waals surface area (Å²) < 4.78 is 0. The summed E-state index contributed by atoms with van der Waals surface area (Å²) >= 11 is 3.66. The lowest BCUT2D eigenvalue weighted by molar-refractivity contribution is -0.129. The van der Waals surface area contributed by atoms with E-state index in [1.807, 2.05) is 0 Å². The molecule has 0 radical (unpaired) electrons. The molecule has 1 fully saturated rings. The minimum atomic E-state index is 0.309. The van der Waals surface area contributed by atoms with Crippen molar-refractivity contribution in [1.82, 2.24) is 4.90 Å². The summed E-state index contributed by atoms with van der Waals surface area (Å²) in [5, 5.41) is 1.02. The Morgan fingerprint density at radius 2 is 1.94 bits per heavy atom. The molecule has 0 bridgehead atoms. The van der Waals surface area contributed by atoms with E-state index in [0.29, 0.717) is 11.3 Å². The Kier molecular flexibility index (Phi) is 5.81. The molecule has 1 aliphatic rings. The Hall–Kier alpha value is -0.0500. The first-order valence-corrected chi connectivity index (χ1v) is 7.63. The fraction of sp³-hybridized carbons (Fsp3) is 0.923. The SMILES string of the molecule is CCCC(CBr)(CCC)CN1CCCC1=O. The topological polar surface area (TPSA) is 20.3 Å². The van der Waals surface area contributed by atoms with Crippen LogP contribution in [0.2, 0.25) is 0 Å². The normalized spacial score (nSPS) is 17.2. The number of alkyl halides is 1. The van der Waals surface area contributed by atoms with Crippen LogP contribution in [0.15, 0.2) is 0 Å². The van der Waals surface area contributed by atoms with Crippen LogP contribution in [0.3, 0.4) is 0 Å². The first kappa shape index (κ1) is 14.0. The molecule has 1 amide bonds. The van der Waals surface area contributed by atoms with Gasteiger partial charge in [0.15, 0.2) is 0 Å². The molecule has 2 nitrogen and oxygen atoms in total. The van der Waals surface area contributed by atoms with Crippen LogP contribution in [0, 0.1) is 5.41 Å². The van der Waals surface area contributed by atoms with E-state index < -0.39 is 0 Å². The van der Waals surface area contributed by atoms with E-state index in [9.17, 15) is 4.79 Å². The fourth-order valence-corrected chi connectivity index (χ4v) is 3.53. The van der Waals surface area contributed by atoms with Crippen molar-refractivity contribution in [2.75, 3.05) is 18.4 Å². The summed E-state index contributed by atoms with van der Waals surface area (Å²) in [5.41, 5.74) is 0.309. The van der Waals surface area contributed by atoms with Crippen LogP contribution in [-0.4, -0.2) is 29.2 Å². The number of halogens is 1. The molecule has 94 valence electrons. The Morgan fingerprint density at radius 1 is 1.31 bits per heavy atom. The monoisotopic (exact) mass is 289 g/mol. The molecule has 0 unspecified atom stereocenters. The van der Waals surface area contributed by atoms with Gasteiger partial charge in [0.25, 0.3) is 0 Å². The minimum absolute atomic E-state index is 0.309. The van der Waals surface area contributed by atoms with Crippen LogP contribution in [0.1, 0.15) is 52.4 Å². The van der Waals surface area contributed by atoms with E-state index in [0.717, 1.165) is 31.3 Å². The lowest BCUT2D eigenvalue weighted by Crippen LogP contribution is -2.39. The second-order valence-corrected chi connectivity index (χ2v) is 5.61. The van der Waals surface area contributed by atoms with Crippen LogP contribution in [0.4, 0.5) is 0 Å². The molecule has 0 spiro atoms. The molecule has 0 aromatic heterocycles. The number of hydrogen-bond donors (Lipinski definition) is 0. The standard InChI is InChI=1S/C13H24BrNO/c1-3-7-13(10-14,8-4-2)11-15-9-5-6-12(15)16/h3-11H2,1-2H3. The summed E-state index contributed by atoms with van der Waals surface area (Å²) in [6.45, 7) is 6.40. The number of carbonyl (C=O) groups excluding carboxylic acids is 1. The van der Waals surface area contributed by atoms with Crippen molar-refractivity contribution in [2.24, 2.45) is 5.41 Å². The number of nitrogens with zero attached hydrogens (tertiary/aromatic N) is 1. The predicted octanol–water partition coefficient (Wildman–Crippen LogP) is 3.59. The smallest absolute Gasteiger partial charge is 0.222 e. The van der Waals surface area contributed by atoms with Gasteiger partial charge in [-0.25, -0.2) is 0 Å². The van der Waals surface area contributed by atoms with Crippen molar-refractivity contribution in [3.8, 4) is 0 Å². The Morgan fingerprint density at radius 3 is 2.31 bits per heavy atom. The van der Waals surface area contributed by atoms with Crippen molar-refractivity contribution in [3.63, 3.8) is 0 Å². The maximum atomic E-state index is 11.7. The molecule has 0 N–H and O–H groups in total. The van der Waals surface area contributed by atoms with Gasteiger partial charge in [0.2, 0.25) is 5.91 Å². The van der Waals surface area contributed by atoms with E-state index >= 15 is 0 Å². The zero-order valence-electron chi connectivity index (χ0n) is 10.6. The highest BCUT2D eigenvalue weighted by Gasteiger charge is 2.33. The van der Waals surface area contributed by atoms with Crippen molar-refractivity contribution in [1.29, 1.82) is 0 Å². The second kappa shape index (κ2) is 6.63. The molecule has 16 heavy (non-hydrogen) atoms. The van der Waals surface area contributed by atoms with E-state index in [-0.39, 0.29) is 0 Å². The summed E-state index contributed by atoms with van der Waals surface area (Å²) in [7, 11) is 0. The third-order valence-electron chi connectivity index (χ3n) is 3.54. The average Bonchev–Trinajstić information content (AvgIpc) is 2.65. The molecule has 0 aliphatic carbocycles. The molecule has 1 heterocycles. The third-order valence-corrected chi connectivity index (χ3v) is 4.73. The molecule has 0 aromatic rings. The molecule has 3 heteroatoms. The molecular weight excluding hydrogens is 266 g/mol. The van der Waals surface area contributed by atoms with Crippen LogP contribution < -0.4 is 0 Å². The zero-order valence-corrected chi connectivity index (χ0v) is 12.2. The second-order valence-electron chi connectivity index (χ2n) is 5.05. The maximum Gasteiger partial charge on any atom is 0.222 e. The van der Waals surface area contributed by atoms with E-state index in [2.05, 4.69) is 34.7 Å². The predicted molar refractivity (Wildman–Crippen MR) is 71.9 cm³/mol. The van der Waals surface area contributed by atoms with Gasteiger partial charge in [-0.3, -0.25) is 4.79 Å². The average molecular weight is 290 g/mol. The maximum absolute atomic E-state index is 11.7. The summed E-state index contributed by atoms with van der Waals surface area (Å²) in [6.07, 6.45) is 6.65. The largest absolute Gasteiger partial charge is 0.342 e. The van der Waals surface area contributed by atoms with Crippen LogP contribution >= 0.6 is 15.9 Å². The van der Waals surface area contributed by atoms with Crippen LogP contribution in [-0.2, 0) is 4.79 Å². The first-order chi connectivity index (χ1) is 7.67. The summed E-state index contributed by atoms with van der Waals surface area (Å²) in [5.74, 6) is 0.359. The molecule has 1 rings (SSSR count). The minimum Gasteiger partial charge on any atom is -0.342 e. The van der Waals surface area contributed by atoms with Crippen molar-refractivity contribution in [3.05, 3.63) is 0 Å². The third kappa shape index (κ3) is 3.47. The Bertz CT molecular complexity index is 224. The molecule has 0 saturated carbocycles. The quantitative estimate of drug-likeness (QED) is 0.656. The van der Waals surface area contributed by atoms with Crippen LogP contribution in [0.5, 0.6) is 0 Å². The van der Waals surface area contributed by atoms with Gasteiger partial charge in [0, 0.05) is 24.8 Å². The summed E-state index contributed by atoms with van der Waals surface area (Å²) in [6, 6.07) is 0. The van der Waals surface area contributed by atoms with Gasteiger partial charge < -0.3 is 4.90 Å². The number of rotatable bonds is 7. The molecule has 0 atom stereocenters. The fourth-order valence-electron chi connectivity index (χ4n) is 2.80. The van der Waals surface area contributed by atoms with Gasteiger partial charge in [0.05, 0.1) is 0 Å². The number of likely N-dealkylation sites (tertiary alicyclic amines) is 1. The van der Waals surface area contributed by atoms with Gasteiger partial charge in [-0.2, -0.15) is 0 Å². The lowest BCUT2D eigenvalue weighted by Gasteiger charge is -2.35. The first-order valence-electron chi connectivity index (χ1n) is 6.51.